The Labute approximate surface area is 175 Å². The van der Waals surface area contributed by atoms with Crippen molar-refractivity contribution in [3.63, 3.8) is 0 Å². The summed E-state index contributed by atoms with van der Waals surface area (Å²) < 4.78 is 47.4. The Hall–Kier alpha value is -2.23. The molecule has 6 nitrogen and oxygen atoms in total. The van der Waals surface area contributed by atoms with E-state index in [4.69, 9.17) is 4.42 Å². The van der Waals surface area contributed by atoms with Gasteiger partial charge in [-0.25, -0.2) is 12.8 Å². The topological polar surface area (TPSA) is 79.6 Å². The Morgan fingerprint density at radius 3 is 2.83 bits per heavy atom. The van der Waals surface area contributed by atoms with Gasteiger partial charge in [0.15, 0.2) is 0 Å². The number of carbonyl (C=O) groups excluding carboxylic acids is 1. The lowest BCUT2D eigenvalue weighted by Crippen LogP contribution is -2.45. The van der Waals surface area contributed by atoms with Crippen LogP contribution in [0.15, 0.2) is 62.5 Å². The molecule has 4 rings (SSSR count). The van der Waals surface area contributed by atoms with Gasteiger partial charge in [-0.1, -0.05) is 34.1 Å². The first kappa shape index (κ1) is 20.1. The normalized spacial score (nSPS) is 17.7. The molecule has 1 aliphatic rings. The lowest BCUT2D eigenvalue weighted by Gasteiger charge is -2.22. The molecule has 1 atom stereocenters. The zero-order valence-corrected chi connectivity index (χ0v) is 17.7. The average molecular weight is 481 g/mol. The van der Waals surface area contributed by atoms with Gasteiger partial charge in [0.05, 0.1) is 0 Å². The first-order chi connectivity index (χ1) is 13.9. The molecule has 3 aromatic rings. The Morgan fingerprint density at radius 1 is 1.24 bits per heavy atom. The minimum absolute atomic E-state index is 0.0286. The van der Waals surface area contributed by atoms with Crippen LogP contribution in [-0.2, 0) is 21.4 Å². The van der Waals surface area contributed by atoms with Crippen LogP contribution in [0, 0.1) is 5.82 Å². The van der Waals surface area contributed by atoms with Crippen molar-refractivity contribution in [1.82, 2.24) is 9.62 Å². The number of hydrogen-bond acceptors (Lipinski definition) is 4. The number of rotatable bonds is 5. The predicted octanol–water partition coefficient (Wildman–Crippen LogP) is 3.80. The molecule has 2 aromatic carbocycles. The molecule has 0 saturated carbocycles. The van der Waals surface area contributed by atoms with Gasteiger partial charge in [0.2, 0.25) is 11.0 Å². The number of carbonyl (C=O) groups is 1. The Kier molecular flexibility index (Phi) is 5.46. The third kappa shape index (κ3) is 3.94. The molecule has 0 radical (unpaired) electrons. The Balaban J connectivity index is 1.53. The van der Waals surface area contributed by atoms with Crippen LogP contribution in [0.25, 0.3) is 11.0 Å². The number of nitrogens with one attached hydrogen (secondary N) is 1. The van der Waals surface area contributed by atoms with E-state index in [1.54, 1.807) is 36.4 Å². The highest BCUT2D eigenvalue weighted by Crippen LogP contribution is 2.30. The molecule has 0 spiro atoms. The second-order valence-electron chi connectivity index (χ2n) is 6.83. The summed E-state index contributed by atoms with van der Waals surface area (Å²) in [5.74, 6) is -0.895. The zero-order chi connectivity index (χ0) is 20.6. The van der Waals surface area contributed by atoms with Gasteiger partial charge in [-0.2, -0.15) is 4.31 Å². The highest BCUT2D eigenvalue weighted by molar-refractivity contribution is 9.10. The molecular formula is C20H18BrFN2O4S. The van der Waals surface area contributed by atoms with Gasteiger partial charge in [-0.15, -0.1) is 0 Å². The van der Waals surface area contributed by atoms with Crippen molar-refractivity contribution in [1.29, 1.82) is 0 Å². The van der Waals surface area contributed by atoms with Crippen LogP contribution >= 0.6 is 15.9 Å². The fourth-order valence-corrected chi connectivity index (χ4v) is 5.49. The quantitative estimate of drug-likeness (QED) is 0.602. The summed E-state index contributed by atoms with van der Waals surface area (Å²) in [6.07, 6.45) is 0.953. The maximum Gasteiger partial charge on any atom is 0.277 e. The molecule has 2 heterocycles. The molecule has 1 amide bonds. The molecule has 1 aromatic heterocycles. The van der Waals surface area contributed by atoms with Crippen molar-refractivity contribution in [3.05, 3.63) is 64.4 Å². The highest BCUT2D eigenvalue weighted by atomic mass is 79.9. The summed E-state index contributed by atoms with van der Waals surface area (Å²) in [6, 6.07) is 12.1. The first-order valence-electron chi connectivity index (χ1n) is 9.08. The van der Waals surface area contributed by atoms with Crippen molar-refractivity contribution < 1.29 is 22.0 Å². The van der Waals surface area contributed by atoms with E-state index in [1.807, 2.05) is 0 Å². The first-order valence-corrected chi connectivity index (χ1v) is 11.3. The van der Waals surface area contributed by atoms with E-state index < -0.39 is 27.8 Å². The lowest BCUT2D eigenvalue weighted by atomic mass is 10.2. The number of fused-ring (bicyclic) bond motifs is 1. The molecule has 1 fully saturated rings. The monoisotopic (exact) mass is 480 g/mol. The second-order valence-corrected chi connectivity index (χ2v) is 9.57. The molecular weight excluding hydrogens is 463 g/mol. The van der Waals surface area contributed by atoms with Crippen molar-refractivity contribution in [2.24, 2.45) is 0 Å². The molecule has 0 bridgehead atoms. The van der Waals surface area contributed by atoms with Crippen LogP contribution in [0.3, 0.4) is 0 Å². The fraction of sp³-hybridized carbons (Fsp3) is 0.250. The molecule has 0 unspecified atom stereocenters. The predicted molar refractivity (Wildman–Crippen MR) is 109 cm³/mol. The zero-order valence-electron chi connectivity index (χ0n) is 15.3. The highest BCUT2D eigenvalue weighted by Gasteiger charge is 2.41. The number of halogens is 2. The lowest BCUT2D eigenvalue weighted by molar-refractivity contribution is -0.124. The number of amides is 1. The fourth-order valence-electron chi connectivity index (χ4n) is 3.47. The second kappa shape index (κ2) is 7.89. The largest absolute Gasteiger partial charge is 0.443 e. The molecule has 1 saturated heterocycles. The van der Waals surface area contributed by atoms with Crippen molar-refractivity contribution in [2.75, 3.05) is 6.54 Å². The van der Waals surface area contributed by atoms with E-state index in [-0.39, 0.29) is 18.2 Å². The van der Waals surface area contributed by atoms with Crippen LogP contribution in [0.1, 0.15) is 18.4 Å². The van der Waals surface area contributed by atoms with Crippen LogP contribution in [-0.4, -0.2) is 31.2 Å². The van der Waals surface area contributed by atoms with Crippen LogP contribution in [0.2, 0.25) is 0 Å². The number of sulfonamides is 1. The Morgan fingerprint density at radius 2 is 2.03 bits per heavy atom. The molecule has 152 valence electrons. The number of para-hydroxylation sites is 1. The van der Waals surface area contributed by atoms with E-state index in [0.717, 1.165) is 4.31 Å². The maximum atomic E-state index is 13.9. The summed E-state index contributed by atoms with van der Waals surface area (Å²) >= 11 is 3.27. The van der Waals surface area contributed by atoms with E-state index in [1.165, 1.54) is 12.1 Å². The third-order valence-electron chi connectivity index (χ3n) is 4.93. The smallest absolute Gasteiger partial charge is 0.277 e. The molecule has 1 N–H and O–H groups in total. The van der Waals surface area contributed by atoms with E-state index in [0.29, 0.717) is 33.8 Å². The molecule has 1 aliphatic heterocycles. The van der Waals surface area contributed by atoms with Gasteiger partial charge in [-0.3, -0.25) is 4.79 Å². The number of benzene rings is 2. The van der Waals surface area contributed by atoms with Gasteiger partial charge >= 0.3 is 0 Å². The summed E-state index contributed by atoms with van der Waals surface area (Å²) in [7, 11) is -3.97. The summed E-state index contributed by atoms with van der Waals surface area (Å²) in [5.41, 5.74) is 0.786. The van der Waals surface area contributed by atoms with E-state index in [9.17, 15) is 17.6 Å². The molecule has 29 heavy (non-hydrogen) atoms. The maximum absolute atomic E-state index is 13.9. The summed E-state index contributed by atoms with van der Waals surface area (Å²) in [4.78, 5) is 12.7. The van der Waals surface area contributed by atoms with Crippen LogP contribution in [0.4, 0.5) is 4.39 Å². The van der Waals surface area contributed by atoms with Crippen molar-refractivity contribution in [2.45, 2.75) is 30.5 Å². The van der Waals surface area contributed by atoms with Gasteiger partial charge in [0, 0.05) is 34.6 Å². The Bertz CT molecular complexity index is 1150. The molecule has 0 aliphatic carbocycles. The number of nitrogens with zero attached hydrogens (tertiary/aromatic N) is 1. The SMILES string of the molecule is O=C(NCc1cc(Br)ccc1F)[C@@H]1CCCN1S(=O)(=O)c1cc2ccccc2o1. The molecule has 9 heteroatoms. The van der Waals surface area contributed by atoms with Gasteiger partial charge < -0.3 is 9.73 Å². The van der Waals surface area contributed by atoms with Crippen LogP contribution in [0.5, 0.6) is 0 Å². The van der Waals surface area contributed by atoms with Gasteiger partial charge in [0.1, 0.15) is 17.4 Å². The van der Waals surface area contributed by atoms with Gasteiger partial charge in [0.25, 0.3) is 10.0 Å². The minimum Gasteiger partial charge on any atom is -0.443 e. The van der Waals surface area contributed by atoms with Gasteiger partial charge in [-0.05, 0) is 37.1 Å². The summed E-state index contributed by atoms with van der Waals surface area (Å²) in [5, 5.41) is 3.15. The average Bonchev–Trinajstić information content (AvgIpc) is 3.36. The van der Waals surface area contributed by atoms with Crippen molar-refractivity contribution >= 4 is 42.8 Å². The van der Waals surface area contributed by atoms with E-state index in [2.05, 4.69) is 21.2 Å². The summed E-state index contributed by atoms with van der Waals surface area (Å²) in [6.45, 7) is 0.196. The van der Waals surface area contributed by atoms with E-state index >= 15 is 0 Å². The number of hydrogen-bond donors (Lipinski definition) is 1. The minimum atomic E-state index is -3.97. The van der Waals surface area contributed by atoms with Crippen molar-refractivity contribution in [3.8, 4) is 0 Å². The third-order valence-corrected chi connectivity index (χ3v) is 7.19. The van der Waals surface area contributed by atoms with Crippen LogP contribution < -0.4 is 5.32 Å². The standard InChI is InChI=1S/C20H18BrFN2O4S/c21-15-7-8-16(22)14(10-15)12-23-20(25)17-5-3-9-24(17)29(26,27)19-11-13-4-1-2-6-18(13)28-19/h1-2,4,6-8,10-11,17H,3,5,9,12H2,(H,23,25)/t17-/m0/s1. The number of furan rings is 1.